The molecule has 0 aliphatic carbocycles. The molecule has 2 aromatic rings. The average molecular weight is 366 g/mol. The topological polar surface area (TPSA) is 104 Å². The molecular weight excluding hydrogens is 352 g/mol. The molecule has 4 heterocycles. The number of ether oxygens (including phenoxy) is 1. The number of benzene rings is 1. The Labute approximate surface area is 153 Å². The van der Waals surface area contributed by atoms with Crippen molar-refractivity contribution in [3.63, 3.8) is 0 Å². The van der Waals surface area contributed by atoms with Crippen LogP contribution < -0.4 is 0 Å². The molecule has 1 aromatic carbocycles. The van der Waals surface area contributed by atoms with Gasteiger partial charge in [-0.1, -0.05) is 30.4 Å². The maximum atomic E-state index is 12.5. The summed E-state index contributed by atoms with van der Waals surface area (Å²) in [6.07, 6.45) is 2.64. The van der Waals surface area contributed by atoms with E-state index in [4.69, 9.17) is 9.57 Å². The lowest BCUT2D eigenvalue weighted by Gasteiger charge is -2.15. The monoisotopic (exact) mass is 366 g/mol. The van der Waals surface area contributed by atoms with E-state index < -0.39 is 41.8 Å². The zero-order valence-electron chi connectivity index (χ0n) is 14.2. The summed E-state index contributed by atoms with van der Waals surface area (Å²) >= 11 is 0. The van der Waals surface area contributed by atoms with Crippen molar-refractivity contribution in [2.75, 3.05) is 0 Å². The van der Waals surface area contributed by atoms with Gasteiger partial charge in [0.15, 0.2) is 5.69 Å². The number of carbonyl (C=O) groups excluding carboxylic acids is 3. The number of amides is 2. The van der Waals surface area contributed by atoms with Crippen LogP contribution in [0.15, 0.2) is 42.5 Å². The molecule has 0 saturated carbocycles. The molecule has 9 heteroatoms. The highest BCUT2D eigenvalue weighted by atomic mass is 16.7. The number of hydrogen-bond donors (Lipinski definition) is 0. The second kappa shape index (κ2) is 5.58. The van der Waals surface area contributed by atoms with Crippen LogP contribution in [0.4, 0.5) is 0 Å². The summed E-state index contributed by atoms with van der Waals surface area (Å²) in [6.45, 7) is 1.60. The molecule has 136 valence electrons. The van der Waals surface area contributed by atoms with Gasteiger partial charge in [0.05, 0.1) is 35.4 Å². The minimum Gasteiger partial charge on any atom is -0.365 e. The quantitative estimate of drug-likeness (QED) is 0.578. The standard InChI is InChI=1S/C18H14N4O5/c1-9-15(20-22(19-9)10-5-3-2-4-6-10)18(25)27-21-16(23)13-11-7-8-12(26-11)14(13)17(21)24/h2-8,11-14H,1H3/t11-,12+,13+,14-. The van der Waals surface area contributed by atoms with Crippen LogP contribution in [-0.4, -0.2) is 50.0 Å². The fraction of sp³-hybridized carbons (Fsp3) is 0.278. The van der Waals surface area contributed by atoms with Crippen LogP contribution in [-0.2, 0) is 19.2 Å². The Bertz CT molecular complexity index is 968. The second-order valence-corrected chi connectivity index (χ2v) is 6.61. The summed E-state index contributed by atoms with van der Waals surface area (Å²) in [7, 11) is 0. The van der Waals surface area contributed by atoms with Gasteiger partial charge in [0, 0.05) is 0 Å². The molecule has 0 N–H and O–H groups in total. The zero-order chi connectivity index (χ0) is 18.7. The van der Waals surface area contributed by atoms with Crippen LogP contribution in [0.3, 0.4) is 0 Å². The number of aryl methyl sites for hydroxylation is 1. The lowest BCUT2D eigenvalue weighted by atomic mass is 9.85. The molecule has 3 aliphatic rings. The zero-order valence-corrected chi connectivity index (χ0v) is 14.2. The van der Waals surface area contributed by atoms with E-state index in [2.05, 4.69) is 10.2 Å². The van der Waals surface area contributed by atoms with Crippen LogP contribution in [0.25, 0.3) is 5.69 Å². The third-order valence-corrected chi connectivity index (χ3v) is 5.01. The van der Waals surface area contributed by atoms with E-state index >= 15 is 0 Å². The minimum atomic E-state index is -0.905. The van der Waals surface area contributed by atoms with Crippen molar-refractivity contribution in [2.24, 2.45) is 11.8 Å². The first kappa shape index (κ1) is 15.9. The normalized spacial score (nSPS) is 28.1. The number of nitrogens with zero attached hydrogens (tertiary/aromatic N) is 4. The average Bonchev–Trinajstić information content (AvgIpc) is 3.43. The molecule has 2 saturated heterocycles. The molecule has 0 radical (unpaired) electrons. The molecular formula is C18H14N4O5. The number of carbonyl (C=O) groups is 3. The Morgan fingerprint density at radius 1 is 1.04 bits per heavy atom. The van der Waals surface area contributed by atoms with Crippen molar-refractivity contribution in [3.8, 4) is 5.69 Å². The SMILES string of the molecule is Cc1nn(-c2ccccc2)nc1C(=O)ON1C(=O)[C@@H]2[C@H](C1=O)[C@@H]1C=C[C@H]2O1. The van der Waals surface area contributed by atoms with Gasteiger partial charge in [-0.25, -0.2) is 4.79 Å². The van der Waals surface area contributed by atoms with Crippen LogP contribution in [0.1, 0.15) is 16.2 Å². The largest absolute Gasteiger partial charge is 0.385 e. The molecule has 1 aromatic heterocycles. The van der Waals surface area contributed by atoms with Crippen molar-refractivity contribution in [1.82, 2.24) is 20.1 Å². The van der Waals surface area contributed by atoms with E-state index in [-0.39, 0.29) is 5.69 Å². The Kier molecular flexibility index (Phi) is 3.28. The van der Waals surface area contributed by atoms with E-state index in [0.717, 1.165) is 0 Å². The molecule has 4 atom stereocenters. The van der Waals surface area contributed by atoms with Gasteiger partial charge in [-0.15, -0.1) is 10.2 Å². The van der Waals surface area contributed by atoms with Crippen molar-refractivity contribution >= 4 is 17.8 Å². The van der Waals surface area contributed by atoms with Crippen LogP contribution >= 0.6 is 0 Å². The summed E-state index contributed by atoms with van der Waals surface area (Å²) in [5, 5.41) is 8.87. The Morgan fingerprint density at radius 2 is 1.67 bits per heavy atom. The number of aromatic nitrogens is 3. The summed E-state index contributed by atoms with van der Waals surface area (Å²) in [5.41, 5.74) is 0.935. The van der Waals surface area contributed by atoms with Crippen molar-refractivity contribution < 1.29 is 24.0 Å². The van der Waals surface area contributed by atoms with Crippen LogP contribution in [0.5, 0.6) is 0 Å². The number of hydrogen-bond acceptors (Lipinski definition) is 7. The lowest BCUT2D eigenvalue weighted by molar-refractivity contribution is -0.177. The Hall–Kier alpha value is -3.33. The predicted octanol–water partition coefficient (Wildman–Crippen LogP) is 0.586. The van der Waals surface area contributed by atoms with Gasteiger partial charge in [-0.05, 0) is 19.1 Å². The molecule has 2 bridgehead atoms. The second-order valence-electron chi connectivity index (χ2n) is 6.61. The minimum absolute atomic E-state index is 0.0612. The van der Waals surface area contributed by atoms with Gasteiger partial charge >= 0.3 is 5.97 Å². The highest BCUT2D eigenvalue weighted by Gasteiger charge is 2.62. The fourth-order valence-electron chi connectivity index (χ4n) is 3.74. The molecule has 2 amide bonds. The first-order chi connectivity index (χ1) is 13.0. The fourth-order valence-corrected chi connectivity index (χ4v) is 3.74. The number of rotatable bonds is 3. The van der Waals surface area contributed by atoms with Gasteiger partial charge < -0.3 is 9.57 Å². The highest BCUT2D eigenvalue weighted by molar-refractivity contribution is 6.07. The van der Waals surface area contributed by atoms with E-state index in [1.54, 1.807) is 31.2 Å². The molecule has 27 heavy (non-hydrogen) atoms. The summed E-state index contributed by atoms with van der Waals surface area (Å²) in [4.78, 5) is 44.0. The number of imide groups is 1. The Balaban J connectivity index is 1.38. The molecule has 0 unspecified atom stereocenters. The summed E-state index contributed by atoms with van der Waals surface area (Å²) in [5.74, 6) is -3.31. The highest BCUT2D eigenvalue weighted by Crippen LogP contribution is 2.45. The van der Waals surface area contributed by atoms with Gasteiger partial charge in [0.2, 0.25) is 0 Å². The number of para-hydroxylation sites is 1. The van der Waals surface area contributed by atoms with E-state index in [9.17, 15) is 14.4 Å². The van der Waals surface area contributed by atoms with E-state index in [0.29, 0.717) is 16.4 Å². The van der Waals surface area contributed by atoms with Crippen LogP contribution in [0, 0.1) is 18.8 Å². The number of fused-ring (bicyclic) bond motifs is 5. The van der Waals surface area contributed by atoms with E-state index in [1.165, 1.54) is 4.80 Å². The predicted molar refractivity (Wildman–Crippen MR) is 88.1 cm³/mol. The third kappa shape index (κ3) is 2.25. The van der Waals surface area contributed by atoms with Gasteiger partial charge in [0.25, 0.3) is 11.8 Å². The van der Waals surface area contributed by atoms with Crippen molar-refractivity contribution in [1.29, 1.82) is 0 Å². The summed E-state index contributed by atoms with van der Waals surface area (Å²) in [6, 6.07) is 9.05. The van der Waals surface area contributed by atoms with Crippen LogP contribution in [0.2, 0.25) is 0 Å². The van der Waals surface area contributed by atoms with Gasteiger partial charge in [0.1, 0.15) is 0 Å². The molecule has 9 nitrogen and oxygen atoms in total. The Morgan fingerprint density at radius 3 is 2.30 bits per heavy atom. The van der Waals surface area contributed by atoms with Crippen molar-refractivity contribution in [2.45, 2.75) is 19.1 Å². The molecule has 3 aliphatic heterocycles. The lowest BCUT2D eigenvalue weighted by Crippen LogP contribution is -2.36. The maximum Gasteiger partial charge on any atom is 0.385 e. The maximum absolute atomic E-state index is 12.5. The first-order valence-electron chi connectivity index (χ1n) is 8.48. The van der Waals surface area contributed by atoms with E-state index in [1.807, 2.05) is 18.2 Å². The third-order valence-electron chi connectivity index (χ3n) is 5.01. The van der Waals surface area contributed by atoms with Gasteiger partial charge in [-0.2, -0.15) is 9.90 Å². The molecule has 2 fully saturated rings. The smallest absolute Gasteiger partial charge is 0.365 e. The summed E-state index contributed by atoms with van der Waals surface area (Å²) < 4.78 is 5.54. The first-order valence-corrected chi connectivity index (χ1v) is 8.48. The van der Waals surface area contributed by atoms with Crippen molar-refractivity contribution in [3.05, 3.63) is 53.9 Å². The molecule has 5 rings (SSSR count). The number of hydroxylamine groups is 2. The molecule has 0 spiro atoms. The van der Waals surface area contributed by atoms with Gasteiger partial charge in [-0.3, -0.25) is 9.59 Å².